The van der Waals surface area contributed by atoms with Crippen LogP contribution in [0.2, 0.25) is 0 Å². The SMILES string of the molecule is CCCCOc1ccc(C(=O)c2cc(Br)ccc2F)cc1. The van der Waals surface area contributed by atoms with Gasteiger partial charge in [0.25, 0.3) is 0 Å². The highest BCUT2D eigenvalue weighted by Gasteiger charge is 2.14. The van der Waals surface area contributed by atoms with Crippen molar-refractivity contribution in [3.05, 3.63) is 63.9 Å². The number of rotatable bonds is 6. The lowest BCUT2D eigenvalue weighted by Gasteiger charge is -2.07. The normalized spacial score (nSPS) is 10.4. The molecule has 0 radical (unpaired) electrons. The molecule has 0 spiro atoms. The first-order chi connectivity index (χ1) is 10.1. The molecule has 0 saturated carbocycles. The molecule has 4 heteroatoms. The van der Waals surface area contributed by atoms with Gasteiger partial charge in [0, 0.05) is 10.0 Å². The molecule has 0 aromatic heterocycles. The van der Waals surface area contributed by atoms with Crippen molar-refractivity contribution < 1.29 is 13.9 Å². The predicted octanol–water partition coefficient (Wildman–Crippen LogP) is 5.00. The van der Waals surface area contributed by atoms with E-state index in [-0.39, 0.29) is 11.3 Å². The van der Waals surface area contributed by atoms with Crippen LogP contribution < -0.4 is 4.74 Å². The molecule has 0 fully saturated rings. The molecule has 0 heterocycles. The first kappa shape index (κ1) is 15.7. The quantitative estimate of drug-likeness (QED) is 0.541. The zero-order valence-electron chi connectivity index (χ0n) is 11.7. The minimum atomic E-state index is -0.522. The van der Waals surface area contributed by atoms with Gasteiger partial charge in [0.15, 0.2) is 5.78 Å². The summed E-state index contributed by atoms with van der Waals surface area (Å²) in [6.45, 7) is 2.75. The Morgan fingerprint density at radius 2 is 1.90 bits per heavy atom. The summed E-state index contributed by atoms with van der Waals surface area (Å²) in [5.74, 6) is -0.143. The van der Waals surface area contributed by atoms with Gasteiger partial charge in [0.1, 0.15) is 11.6 Å². The van der Waals surface area contributed by atoms with E-state index < -0.39 is 5.82 Å². The molecule has 21 heavy (non-hydrogen) atoms. The Hall–Kier alpha value is -1.68. The maximum Gasteiger partial charge on any atom is 0.196 e. The van der Waals surface area contributed by atoms with E-state index in [1.54, 1.807) is 30.3 Å². The van der Waals surface area contributed by atoms with Crippen LogP contribution in [0, 0.1) is 5.82 Å². The number of ether oxygens (including phenoxy) is 1. The predicted molar refractivity (Wildman–Crippen MR) is 84.4 cm³/mol. The van der Waals surface area contributed by atoms with E-state index in [1.165, 1.54) is 12.1 Å². The third kappa shape index (κ3) is 4.14. The standard InChI is InChI=1S/C17H16BrFO2/c1-2-3-10-21-14-7-4-12(5-8-14)17(20)15-11-13(18)6-9-16(15)19/h4-9,11H,2-3,10H2,1H3. The molecule has 2 nitrogen and oxygen atoms in total. The fraction of sp³-hybridized carbons (Fsp3) is 0.235. The Bertz CT molecular complexity index is 623. The highest BCUT2D eigenvalue weighted by atomic mass is 79.9. The number of benzene rings is 2. The zero-order chi connectivity index (χ0) is 15.2. The minimum Gasteiger partial charge on any atom is -0.494 e. The van der Waals surface area contributed by atoms with Gasteiger partial charge in [-0.1, -0.05) is 29.3 Å². The molecule has 0 amide bonds. The molecule has 0 bridgehead atoms. The molecule has 2 rings (SSSR count). The van der Waals surface area contributed by atoms with Crippen molar-refractivity contribution in [1.82, 2.24) is 0 Å². The minimum absolute atomic E-state index is 0.0593. The Balaban J connectivity index is 2.14. The van der Waals surface area contributed by atoms with Crippen LogP contribution in [0.1, 0.15) is 35.7 Å². The number of carbonyl (C=O) groups excluding carboxylic acids is 1. The number of hydrogen-bond donors (Lipinski definition) is 0. The van der Waals surface area contributed by atoms with E-state index >= 15 is 0 Å². The molecule has 0 unspecified atom stereocenters. The van der Waals surface area contributed by atoms with Gasteiger partial charge < -0.3 is 4.74 Å². The fourth-order valence-electron chi connectivity index (χ4n) is 1.86. The summed E-state index contributed by atoms with van der Waals surface area (Å²) in [7, 11) is 0. The summed E-state index contributed by atoms with van der Waals surface area (Å²) >= 11 is 3.25. The number of ketones is 1. The van der Waals surface area contributed by atoms with Gasteiger partial charge >= 0.3 is 0 Å². The van der Waals surface area contributed by atoms with Crippen LogP contribution in [0.25, 0.3) is 0 Å². The van der Waals surface area contributed by atoms with E-state index in [2.05, 4.69) is 22.9 Å². The van der Waals surface area contributed by atoms with Gasteiger partial charge in [-0.25, -0.2) is 4.39 Å². The highest BCUT2D eigenvalue weighted by Crippen LogP contribution is 2.20. The smallest absolute Gasteiger partial charge is 0.196 e. The van der Waals surface area contributed by atoms with Crippen LogP contribution in [-0.2, 0) is 0 Å². The second kappa shape index (κ2) is 7.36. The van der Waals surface area contributed by atoms with Gasteiger partial charge in [-0.3, -0.25) is 4.79 Å². The monoisotopic (exact) mass is 350 g/mol. The lowest BCUT2D eigenvalue weighted by molar-refractivity contribution is 0.103. The highest BCUT2D eigenvalue weighted by molar-refractivity contribution is 9.10. The molecule has 2 aromatic rings. The summed E-state index contributed by atoms with van der Waals surface area (Å²) < 4.78 is 19.9. The first-order valence-corrected chi connectivity index (χ1v) is 7.63. The van der Waals surface area contributed by atoms with Gasteiger partial charge in [-0.05, 0) is 48.9 Å². The van der Waals surface area contributed by atoms with Crippen molar-refractivity contribution in [2.75, 3.05) is 6.61 Å². The third-order valence-corrected chi connectivity index (χ3v) is 3.55. The second-order valence-corrected chi connectivity index (χ2v) is 5.60. The van der Waals surface area contributed by atoms with Crippen LogP contribution in [0.15, 0.2) is 46.9 Å². The van der Waals surface area contributed by atoms with Crippen molar-refractivity contribution in [2.24, 2.45) is 0 Å². The fourth-order valence-corrected chi connectivity index (χ4v) is 2.22. The van der Waals surface area contributed by atoms with Crippen LogP contribution in [-0.4, -0.2) is 12.4 Å². The van der Waals surface area contributed by atoms with E-state index in [4.69, 9.17) is 4.74 Å². The lowest BCUT2D eigenvalue weighted by atomic mass is 10.0. The average Bonchev–Trinajstić information content (AvgIpc) is 2.50. The molecule has 110 valence electrons. The molecule has 0 aliphatic rings. The summed E-state index contributed by atoms with van der Waals surface area (Å²) in [6, 6.07) is 11.1. The summed E-state index contributed by atoms with van der Waals surface area (Å²) in [4.78, 5) is 12.3. The van der Waals surface area contributed by atoms with Crippen LogP contribution in [0.3, 0.4) is 0 Å². The number of hydrogen-bond acceptors (Lipinski definition) is 2. The summed E-state index contributed by atoms with van der Waals surface area (Å²) in [5.41, 5.74) is 0.499. The van der Waals surface area contributed by atoms with Gasteiger partial charge in [0.05, 0.1) is 12.2 Å². The molecule has 0 aliphatic carbocycles. The van der Waals surface area contributed by atoms with E-state index in [9.17, 15) is 9.18 Å². The van der Waals surface area contributed by atoms with Gasteiger partial charge in [0.2, 0.25) is 0 Å². The van der Waals surface area contributed by atoms with E-state index in [0.29, 0.717) is 16.6 Å². The van der Waals surface area contributed by atoms with Crippen LogP contribution in [0.4, 0.5) is 4.39 Å². The Morgan fingerprint density at radius 1 is 1.19 bits per heavy atom. The van der Waals surface area contributed by atoms with Crippen molar-refractivity contribution >= 4 is 21.7 Å². The molecule has 0 aliphatic heterocycles. The third-order valence-electron chi connectivity index (χ3n) is 3.06. The lowest BCUT2D eigenvalue weighted by Crippen LogP contribution is -2.04. The molecule has 0 saturated heterocycles. The maximum atomic E-state index is 13.7. The van der Waals surface area contributed by atoms with E-state index in [1.807, 2.05) is 0 Å². The molecule has 2 aromatic carbocycles. The Labute approximate surface area is 132 Å². The van der Waals surface area contributed by atoms with Crippen LogP contribution in [0.5, 0.6) is 5.75 Å². The molecular weight excluding hydrogens is 335 g/mol. The summed E-state index contributed by atoms with van der Waals surface area (Å²) in [6.07, 6.45) is 2.06. The zero-order valence-corrected chi connectivity index (χ0v) is 13.3. The average molecular weight is 351 g/mol. The Kier molecular flexibility index (Phi) is 5.51. The first-order valence-electron chi connectivity index (χ1n) is 6.84. The van der Waals surface area contributed by atoms with Gasteiger partial charge in [-0.15, -0.1) is 0 Å². The Morgan fingerprint density at radius 3 is 2.57 bits per heavy atom. The van der Waals surface area contributed by atoms with Crippen molar-refractivity contribution in [1.29, 1.82) is 0 Å². The summed E-state index contributed by atoms with van der Waals surface area (Å²) in [5, 5.41) is 0. The van der Waals surface area contributed by atoms with Crippen molar-refractivity contribution in [3.8, 4) is 5.75 Å². The molecular formula is C17H16BrFO2. The van der Waals surface area contributed by atoms with Crippen LogP contribution >= 0.6 is 15.9 Å². The molecule has 0 N–H and O–H groups in total. The van der Waals surface area contributed by atoms with Crippen molar-refractivity contribution in [3.63, 3.8) is 0 Å². The largest absolute Gasteiger partial charge is 0.494 e. The van der Waals surface area contributed by atoms with Crippen molar-refractivity contribution in [2.45, 2.75) is 19.8 Å². The second-order valence-electron chi connectivity index (χ2n) is 4.68. The van der Waals surface area contributed by atoms with Gasteiger partial charge in [-0.2, -0.15) is 0 Å². The number of carbonyl (C=O) groups is 1. The molecule has 0 atom stereocenters. The number of halogens is 2. The van der Waals surface area contributed by atoms with E-state index in [0.717, 1.165) is 18.6 Å². The topological polar surface area (TPSA) is 26.3 Å². The maximum absolute atomic E-state index is 13.7. The number of unbranched alkanes of at least 4 members (excludes halogenated alkanes) is 1.